The van der Waals surface area contributed by atoms with Crippen LogP contribution in [0.25, 0.3) is 0 Å². The zero-order chi connectivity index (χ0) is 27.7. The molecular weight excluding hydrogens is 506 g/mol. The Bertz CT molecular complexity index is 1230. The summed E-state index contributed by atoms with van der Waals surface area (Å²) in [6.45, 7) is 3.52. The highest BCUT2D eigenvalue weighted by atomic mass is 32.2. The second-order valence-corrected chi connectivity index (χ2v) is 11.5. The van der Waals surface area contributed by atoms with E-state index in [9.17, 15) is 22.8 Å². The minimum Gasteiger partial charge on any atom is -0.354 e. The molecular formula is C27H37N5O5S. The van der Waals surface area contributed by atoms with Crippen LogP contribution in [-0.2, 0) is 21.4 Å². The Labute approximate surface area is 224 Å². The molecule has 3 rings (SSSR count). The second kappa shape index (κ2) is 13.4. The number of hydrogen-bond acceptors (Lipinski definition) is 6. The molecule has 1 atom stereocenters. The van der Waals surface area contributed by atoms with Crippen molar-refractivity contribution >= 4 is 33.4 Å². The molecule has 0 heterocycles. The number of carbonyl (C=O) groups is 3. The van der Waals surface area contributed by atoms with Gasteiger partial charge in [0, 0.05) is 44.4 Å². The third kappa shape index (κ3) is 8.84. The molecule has 206 valence electrons. The Balaban J connectivity index is 1.64. The van der Waals surface area contributed by atoms with Crippen LogP contribution in [-0.4, -0.2) is 65.1 Å². The van der Waals surface area contributed by atoms with Gasteiger partial charge in [0.1, 0.15) is 0 Å². The molecule has 1 aliphatic rings. The van der Waals surface area contributed by atoms with E-state index in [1.54, 1.807) is 0 Å². The Kier molecular flexibility index (Phi) is 10.3. The Hall–Kier alpha value is -3.44. The van der Waals surface area contributed by atoms with Gasteiger partial charge < -0.3 is 21.3 Å². The van der Waals surface area contributed by atoms with Crippen LogP contribution >= 0.6 is 0 Å². The van der Waals surface area contributed by atoms with Crippen molar-refractivity contribution in [2.75, 3.05) is 37.2 Å². The van der Waals surface area contributed by atoms with Gasteiger partial charge in [0.25, 0.3) is 11.8 Å². The van der Waals surface area contributed by atoms with Crippen LogP contribution in [0.2, 0.25) is 0 Å². The Morgan fingerprint density at radius 3 is 2.16 bits per heavy atom. The summed E-state index contributed by atoms with van der Waals surface area (Å²) in [4.78, 5) is 38.2. The summed E-state index contributed by atoms with van der Waals surface area (Å²) >= 11 is 0. The molecule has 1 aliphatic carbocycles. The van der Waals surface area contributed by atoms with Crippen molar-refractivity contribution < 1.29 is 22.8 Å². The van der Waals surface area contributed by atoms with Crippen molar-refractivity contribution in [1.29, 1.82) is 0 Å². The standard InChI is InChI=1S/C27H37N5O5S/c1-4-24(27(35)31-18-20-10-11-20)28-12-13-29-25(33)21-14-22(16-23(15-21)32(2)38(3,36)37)26(34)30-17-19-8-6-5-7-9-19/h5-9,14-16,20,24,28H,4,10-13,17-18H2,1-3H3,(H,29,33)(H,30,34)(H,31,35)/t24-/m0/s1. The summed E-state index contributed by atoms with van der Waals surface area (Å²) in [6, 6.07) is 13.3. The predicted octanol–water partition coefficient (Wildman–Crippen LogP) is 1.64. The fourth-order valence-electron chi connectivity index (χ4n) is 3.76. The van der Waals surface area contributed by atoms with Gasteiger partial charge in [-0.3, -0.25) is 18.7 Å². The summed E-state index contributed by atoms with van der Waals surface area (Å²) in [6.07, 6.45) is 3.99. The molecule has 4 N–H and O–H groups in total. The van der Waals surface area contributed by atoms with Crippen molar-refractivity contribution in [2.24, 2.45) is 5.92 Å². The molecule has 10 nitrogen and oxygen atoms in total. The summed E-state index contributed by atoms with van der Waals surface area (Å²) in [5.74, 6) is -0.345. The van der Waals surface area contributed by atoms with Crippen molar-refractivity contribution in [1.82, 2.24) is 21.3 Å². The van der Waals surface area contributed by atoms with Crippen LogP contribution in [0.4, 0.5) is 5.69 Å². The lowest BCUT2D eigenvalue weighted by molar-refractivity contribution is -0.123. The Morgan fingerprint density at radius 1 is 0.947 bits per heavy atom. The zero-order valence-electron chi connectivity index (χ0n) is 22.1. The third-order valence-corrected chi connectivity index (χ3v) is 7.59. The smallest absolute Gasteiger partial charge is 0.251 e. The molecule has 3 amide bonds. The lowest BCUT2D eigenvalue weighted by Crippen LogP contribution is -2.46. The lowest BCUT2D eigenvalue weighted by atomic mass is 10.1. The van der Waals surface area contributed by atoms with Gasteiger partial charge in [-0.15, -0.1) is 0 Å². The second-order valence-electron chi connectivity index (χ2n) is 9.53. The van der Waals surface area contributed by atoms with E-state index in [0.717, 1.165) is 29.0 Å². The summed E-state index contributed by atoms with van der Waals surface area (Å²) in [5.41, 5.74) is 1.41. The number of amides is 3. The number of nitrogens with one attached hydrogen (secondary N) is 4. The number of sulfonamides is 1. The van der Waals surface area contributed by atoms with E-state index >= 15 is 0 Å². The predicted molar refractivity (Wildman–Crippen MR) is 147 cm³/mol. The quantitative estimate of drug-likeness (QED) is 0.268. The minimum absolute atomic E-state index is 0.0478. The fraction of sp³-hybridized carbons (Fsp3) is 0.444. The average molecular weight is 544 g/mol. The first-order valence-corrected chi connectivity index (χ1v) is 14.6. The van der Waals surface area contributed by atoms with E-state index < -0.39 is 21.8 Å². The van der Waals surface area contributed by atoms with Crippen molar-refractivity contribution in [3.8, 4) is 0 Å². The first kappa shape index (κ1) is 29.1. The molecule has 0 aliphatic heterocycles. The monoisotopic (exact) mass is 543 g/mol. The van der Waals surface area contributed by atoms with Gasteiger partial charge in [0.2, 0.25) is 15.9 Å². The highest BCUT2D eigenvalue weighted by molar-refractivity contribution is 7.92. The molecule has 11 heteroatoms. The molecule has 1 fully saturated rings. The number of benzene rings is 2. The van der Waals surface area contributed by atoms with Gasteiger partial charge in [-0.2, -0.15) is 0 Å². The number of carbonyl (C=O) groups excluding carboxylic acids is 3. The van der Waals surface area contributed by atoms with Gasteiger partial charge in [-0.25, -0.2) is 8.42 Å². The van der Waals surface area contributed by atoms with Crippen LogP contribution in [0.3, 0.4) is 0 Å². The van der Waals surface area contributed by atoms with E-state index in [1.165, 1.54) is 25.2 Å². The molecule has 2 aromatic carbocycles. The van der Waals surface area contributed by atoms with E-state index in [-0.39, 0.29) is 41.9 Å². The van der Waals surface area contributed by atoms with Gasteiger partial charge in [-0.05, 0) is 48.9 Å². The zero-order valence-corrected chi connectivity index (χ0v) is 22.9. The van der Waals surface area contributed by atoms with Gasteiger partial charge >= 0.3 is 0 Å². The largest absolute Gasteiger partial charge is 0.354 e. The SMILES string of the molecule is CC[C@H](NCCNC(=O)c1cc(C(=O)NCc2ccccc2)cc(N(C)S(C)(=O)=O)c1)C(=O)NCC1CC1. The summed E-state index contributed by atoms with van der Waals surface area (Å²) in [7, 11) is -2.26. The number of rotatable bonds is 14. The van der Waals surface area contributed by atoms with Crippen molar-refractivity contribution in [3.05, 3.63) is 65.2 Å². The molecule has 0 bridgehead atoms. The number of nitrogens with zero attached hydrogens (tertiary/aromatic N) is 1. The van der Waals surface area contributed by atoms with Crippen LogP contribution < -0.4 is 25.6 Å². The summed E-state index contributed by atoms with van der Waals surface area (Å²) in [5, 5.41) is 11.7. The van der Waals surface area contributed by atoms with Crippen LogP contribution in [0.1, 0.15) is 52.5 Å². The average Bonchev–Trinajstić information content (AvgIpc) is 3.74. The first-order chi connectivity index (χ1) is 18.1. The van der Waals surface area contributed by atoms with Gasteiger partial charge in [-0.1, -0.05) is 37.3 Å². The maximum absolute atomic E-state index is 12.9. The van der Waals surface area contributed by atoms with Crippen LogP contribution in [0, 0.1) is 5.92 Å². The normalized spacial score (nSPS) is 13.9. The molecule has 0 saturated heterocycles. The highest BCUT2D eigenvalue weighted by Crippen LogP contribution is 2.27. The van der Waals surface area contributed by atoms with E-state index in [1.807, 2.05) is 37.3 Å². The van der Waals surface area contributed by atoms with Crippen LogP contribution in [0.15, 0.2) is 48.5 Å². The maximum atomic E-state index is 12.9. The maximum Gasteiger partial charge on any atom is 0.251 e. The topological polar surface area (TPSA) is 137 Å². The van der Waals surface area contributed by atoms with E-state index in [0.29, 0.717) is 25.4 Å². The minimum atomic E-state index is -3.62. The highest BCUT2D eigenvalue weighted by Gasteiger charge is 2.24. The molecule has 38 heavy (non-hydrogen) atoms. The summed E-state index contributed by atoms with van der Waals surface area (Å²) < 4.78 is 25.3. The first-order valence-electron chi connectivity index (χ1n) is 12.8. The van der Waals surface area contributed by atoms with Gasteiger partial charge in [0.05, 0.1) is 18.0 Å². The number of hydrogen-bond donors (Lipinski definition) is 4. The van der Waals surface area contributed by atoms with E-state index in [4.69, 9.17) is 0 Å². The van der Waals surface area contributed by atoms with Crippen molar-refractivity contribution in [3.63, 3.8) is 0 Å². The Morgan fingerprint density at radius 2 is 1.58 bits per heavy atom. The van der Waals surface area contributed by atoms with Crippen molar-refractivity contribution in [2.45, 2.75) is 38.8 Å². The van der Waals surface area contributed by atoms with E-state index in [2.05, 4.69) is 21.3 Å². The van der Waals surface area contributed by atoms with Crippen LogP contribution in [0.5, 0.6) is 0 Å². The molecule has 0 aromatic heterocycles. The molecule has 0 radical (unpaired) electrons. The number of anilines is 1. The lowest BCUT2D eigenvalue weighted by Gasteiger charge is -2.19. The molecule has 1 saturated carbocycles. The molecule has 2 aromatic rings. The molecule has 0 spiro atoms. The molecule has 0 unspecified atom stereocenters. The fourth-order valence-corrected chi connectivity index (χ4v) is 4.25. The van der Waals surface area contributed by atoms with Gasteiger partial charge in [0.15, 0.2) is 0 Å². The third-order valence-electron chi connectivity index (χ3n) is 6.39.